The smallest absolute Gasteiger partial charge is 0.252 e. The molecule has 0 saturated heterocycles. The Bertz CT molecular complexity index is 1010. The number of hydrogen-bond donors (Lipinski definition) is 1. The number of carbonyl (C=O) groups is 1. The summed E-state index contributed by atoms with van der Waals surface area (Å²) in [5, 5.41) is 3.87. The van der Waals surface area contributed by atoms with Crippen molar-refractivity contribution in [1.82, 2.24) is 9.62 Å². The van der Waals surface area contributed by atoms with Crippen LogP contribution in [-0.4, -0.2) is 39.3 Å². The number of nitrogens with zero attached hydrogens (tertiary/aromatic N) is 1. The lowest BCUT2D eigenvalue weighted by atomic mass is 9.84. The van der Waals surface area contributed by atoms with E-state index in [-0.39, 0.29) is 22.0 Å². The SMILES string of the molecule is CN(C)S(=O)(=O)c1ccc(Cl)c(C(=O)NCC(C)(C)c2ccc(Cl)c(Cl)c2)c1. The van der Waals surface area contributed by atoms with E-state index in [0.717, 1.165) is 9.87 Å². The van der Waals surface area contributed by atoms with Crippen molar-refractivity contribution in [1.29, 1.82) is 0 Å². The highest BCUT2D eigenvalue weighted by Crippen LogP contribution is 2.30. The highest BCUT2D eigenvalue weighted by Gasteiger charge is 2.25. The van der Waals surface area contributed by atoms with Crippen LogP contribution in [0.2, 0.25) is 15.1 Å². The lowest BCUT2D eigenvalue weighted by Gasteiger charge is -2.26. The van der Waals surface area contributed by atoms with Gasteiger partial charge < -0.3 is 5.32 Å². The number of amides is 1. The predicted molar refractivity (Wildman–Crippen MR) is 114 cm³/mol. The third-order valence-corrected chi connectivity index (χ3v) is 7.23. The van der Waals surface area contributed by atoms with Crippen LogP contribution in [0.1, 0.15) is 29.8 Å². The second-order valence-electron chi connectivity index (χ2n) is 7.12. The number of rotatable bonds is 6. The zero-order valence-corrected chi connectivity index (χ0v) is 19.0. The Kier molecular flexibility index (Phi) is 7.05. The molecule has 0 saturated carbocycles. The van der Waals surface area contributed by atoms with E-state index in [4.69, 9.17) is 34.8 Å². The Morgan fingerprint density at radius 3 is 2.18 bits per heavy atom. The average Bonchev–Trinajstić information content (AvgIpc) is 2.62. The van der Waals surface area contributed by atoms with Crippen LogP contribution < -0.4 is 5.32 Å². The fraction of sp³-hybridized carbons (Fsp3) is 0.316. The van der Waals surface area contributed by atoms with Gasteiger partial charge in [0, 0.05) is 26.1 Å². The van der Waals surface area contributed by atoms with Crippen LogP contribution in [0.5, 0.6) is 0 Å². The summed E-state index contributed by atoms with van der Waals surface area (Å²) in [6.07, 6.45) is 0. The largest absolute Gasteiger partial charge is 0.351 e. The molecular formula is C19H21Cl3N2O3S. The lowest BCUT2D eigenvalue weighted by Crippen LogP contribution is -2.37. The van der Waals surface area contributed by atoms with E-state index >= 15 is 0 Å². The van der Waals surface area contributed by atoms with Crippen LogP contribution in [0.15, 0.2) is 41.3 Å². The molecule has 28 heavy (non-hydrogen) atoms. The minimum atomic E-state index is -3.68. The van der Waals surface area contributed by atoms with E-state index in [2.05, 4.69) is 5.32 Å². The van der Waals surface area contributed by atoms with Crippen molar-refractivity contribution >= 4 is 50.7 Å². The van der Waals surface area contributed by atoms with Gasteiger partial charge in [-0.25, -0.2) is 12.7 Å². The van der Waals surface area contributed by atoms with E-state index in [0.29, 0.717) is 10.0 Å². The van der Waals surface area contributed by atoms with E-state index in [9.17, 15) is 13.2 Å². The Labute approximate surface area is 180 Å². The van der Waals surface area contributed by atoms with Crippen molar-refractivity contribution < 1.29 is 13.2 Å². The van der Waals surface area contributed by atoms with Crippen molar-refractivity contribution in [3.8, 4) is 0 Å². The minimum absolute atomic E-state index is 0.00390. The summed E-state index contributed by atoms with van der Waals surface area (Å²) in [6.45, 7) is 4.17. The molecule has 0 heterocycles. The topological polar surface area (TPSA) is 66.5 Å². The molecule has 0 radical (unpaired) electrons. The molecule has 0 aromatic heterocycles. The summed E-state index contributed by atoms with van der Waals surface area (Å²) in [6, 6.07) is 9.35. The van der Waals surface area contributed by atoms with Crippen molar-refractivity contribution in [2.45, 2.75) is 24.2 Å². The van der Waals surface area contributed by atoms with Gasteiger partial charge >= 0.3 is 0 Å². The normalized spacial score (nSPS) is 12.3. The van der Waals surface area contributed by atoms with Gasteiger partial charge in [0.25, 0.3) is 5.91 Å². The van der Waals surface area contributed by atoms with Gasteiger partial charge in [-0.3, -0.25) is 4.79 Å². The number of carbonyl (C=O) groups excluding carboxylic acids is 1. The van der Waals surface area contributed by atoms with E-state index in [1.807, 2.05) is 19.9 Å². The molecule has 0 fully saturated rings. The molecule has 0 aliphatic heterocycles. The van der Waals surface area contributed by atoms with Gasteiger partial charge in [-0.1, -0.05) is 54.7 Å². The fourth-order valence-electron chi connectivity index (χ4n) is 2.47. The maximum atomic E-state index is 12.7. The zero-order valence-electron chi connectivity index (χ0n) is 15.9. The molecule has 9 heteroatoms. The molecule has 0 bridgehead atoms. The average molecular weight is 464 g/mol. The van der Waals surface area contributed by atoms with Crippen molar-refractivity contribution in [3.63, 3.8) is 0 Å². The minimum Gasteiger partial charge on any atom is -0.351 e. The molecule has 2 aromatic carbocycles. The summed E-state index contributed by atoms with van der Waals surface area (Å²) in [5.74, 6) is -0.464. The quantitative estimate of drug-likeness (QED) is 0.680. The van der Waals surface area contributed by atoms with Gasteiger partial charge in [-0.15, -0.1) is 0 Å². The first-order valence-electron chi connectivity index (χ1n) is 8.32. The standard InChI is InChI=1S/C19H21Cl3N2O3S/c1-19(2,12-5-7-16(21)17(22)9-12)11-23-18(25)14-10-13(6-8-15(14)20)28(26,27)24(3)4/h5-10H,11H2,1-4H3,(H,23,25). The van der Waals surface area contributed by atoms with Crippen LogP contribution in [0, 0.1) is 0 Å². The van der Waals surface area contributed by atoms with Crippen molar-refractivity contribution in [3.05, 3.63) is 62.6 Å². The number of hydrogen-bond acceptors (Lipinski definition) is 3. The van der Waals surface area contributed by atoms with Gasteiger partial charge in [0.1, 0.15) is 0 Å². The monoisotopic (exact) mass is 462 g/mol. The molecule has 0 spiro atoms. The molecule has 1 N–H and O–H groups in total. The van der Waals surface area contributed by atoms with Crippen LogP contribution in [0.25, 0.3) is 0 Å². The number of nitrogens with one attached hydrogen (secondary N) is 1. The summed E-state index contributed by atoms with van der Waals surface area (Å²) in [4.78, 5) is 12.7. The summed E-state index contributed by atoms with van der Waals surface area (Å²) in [7, 11) is -0.837. The number of benzene rings is 2. The molecule has 2 rings (SSSR count). The zero-order chi connectivity index (χ0) is 21.3. The van der Waals surface area contributed by atoms with Crippen LogP contribution in [-0.2, 0) is 15.4 Å². The number of halogens is 3. The molecule has 1 amide bonds. The summed E-state index contributed by atoms with van der Waals surface area (Å²) >= 11 is 18.2. The molecule has 0 aliphatic carbocycles. The maximum Gasteiger partial charge on any atom is 0.252 e. The highest BCUT2D eigenvalue weighted by atomic mass is 35.5. The van der Waals surface area contributed by atoms with Crippen molar-refractivity contribution in [2.24, 2.45) is 0 Å². The van der Waals surface area contributed by atoms with E-state index < -0.39 is 21.3 Å². The first-order valence-corrected chi connectivity index (χ1v) is 10.9. The van der Waals surface area contributed by atoms with E-state index in [1.54, 1.807) is 12.1 Å². The molecule has 0 atom stereocenters. The number of sulfonamides is 1. The van der Waals surface area contributed by atoms with Crippen LogP contribution in [0.3, 0.4) is 0 Å². The summed E-state index contributed by atoms with van der Waals surface area (Å²) in [5.41, 5.74) is 0.552. The first-order chi connectivity index (χ1) is 12.9. The van der Waals surface area contributed by atoms with Crippen molar-refractivity contribution in [2.75, 3.05) is 20.6 Å². The molecule has 0 unspecified atom stereocenters. The van der Waals surface area contributed by atoms with Gasteiger partial charge in [-0.05, 0) is 35.9 Å². The lowest BCUT2D eigenvalue weighted by molar-refractivity contribution is 0.0945. The molecule has 152 valence electrons. The van der Waals surface area contributed by atoms with Gasteiger partial charge in [0.15, 0.2) is 0 Å². The third kappa shape index (κ3) is 4.99. The molecular weight excluding hydrogens is 443 g/mol. The van der Waals surface area contributed by atoms with Gasteiger partial charge in [0.2, 0.25) is 10.0 Å². The van der Waals surface area contributed by atoms with E-state index in [1.165, 1.54) is 32.3 Å². The van der Waals surface area contributed by atoms with Crippen LogP contribution >= 0.6 is 34.8 Å². The predicted octanol–water partition coefficient (Wildman–Crippen LogP) is 4.60. The Morgan fingerprint density at radius 1 is 1.00 bits per heavy atom. The van der Waals surface area contributed by atoms with Crippen LogP contribution in [0.4, 0.5) is 0 Å². The molecule has 0 aliphatic rings. The Morgan fingerprint density at radius 2 is 1.61 bits per heavy atom. The molecule has 5 nitrogen and oxygen atoms in total. The first kappa shape index (κ1) is 23.0. The van der Waals surface area contributed by atoms with Gasteiger partial charge in [-0.2, -0.15) is 0 Å². The summed E-state index contributed by atoms with van der Waals surface area (Å²) < 4.78 is 25.7. The third-order valence-electron chi connectivity index (χ3n) is 4.35. The maximum absolute atomic E-state index is 12.7. The van der Waals surface area contributed by atoms with Gasteiger partial charge in [0.05, 0.1) is 25.5 Å². The molecule has 2 aromatic rings. The highest BCUT2D eigenvalue weighted by molar-refractivity contribution is 7.89. The Hall–Kier alpha value is -1.31. The Balaban J connectivity index is 2.24. The second-order valence-corrected chi connectivity index (χ2v) is 10.5. The second kappa shape index (κ2) is 8.59. The fourth-order valence-corrected chi connectivity index (χ4v) is 3.90.